The first-order valence-corrected chi connectivity index (χ1v) is 5.55. The smallest absolute Gasteiger partial charge is 0.0214 e. The minimum atomic E-state index is 0.648. The fraction of sp³-hybridized carbons (Fsp3) is 0.833. The van der Waals surface area contributed by atoms with E-state index in [9.17, 15) is 0 Å². The Morgan fingerprint density at radius 3 is 2.79 bits per heavy atom. The fourth-order valence-corrected chi connectivity index (χ4v) is 2.37. The largest absolute Gasteiger partial charge is 0.317 e. The maximum atomic E-state index is 5.29. The number of terminal acetylenes is 1. The molecule has 1 fully saturated rings. The molecule has 0 aromatic carbocycles. The number of nitrogens with zero attached hydrogens (tertiary/aromatic N) is 1. The third-order valence-electron chi connectivity index (χ3n) is 3.61. The number of likely N-dealkylation sites (tertiary alicyclic amines) is 1. The summed E-state index contributed by atoms with van der Waals surface area (Å²) in [4.78, 5) is 2.51. The number of piperidine rings is 1. The average molecular weight is 194 g/mol. The van der Waals surface area contributed by atoms with Crippen molar-refractivity contribution in [1.82, 2.24) is 10.2 Å². The summed E-state index contributed by atoms with van der Waals surface area (Å²) < 4.78 is 0. The summed E-state index contributed by atoms with van der Waals surface area (Å²) in [6.45, 7) is 6.87. The Morgan fingerprint density at radius 1 is 1.50 bits per heavy atom. The topological polar surface area (TPSA) is 15.3 Å². The van der Waals surface area contributed by atoms with Crippen molar-refractivity contribution in [3.63, 3.8) is 0 Å². The van der Waals surface area contributed by atoms with Crippen LogP contribution < -0.4 is 5.32 Å². The van der Waals surface area contributed by atoms with E-state index in [-0.39, 0.29) is 0 Å². The van der Waals surface area contributed by atoms with Gasteiger partial charge in [0.05, 0.1) is 0 Å². The van der Waals surface area contributed by atoms with Gasteiger partial charge in [0.25, 0.3) is 0 Å². The summed E-state index contributed by atoms with van der Waals surface area (Å²) >= 11 is 0. The van der Waals surface area contributed by atoms with Crippen LogP contribution >= 0.6 is 0 Å². The molecule has 14 heavy (non-hydrogen) atoms. The Labute approximate surface area is 88.1 Å². The molecule has 1 rings (SSSR count). The van der Waals surface area contributed by atoms with E-state index in [4.69, 9.17) is 6.42 Å². The first kappa shape index (κ1) is 11.6. The summed E-state index contributed by atoms with van der Waals surface area (Å²) in [5, 5.41) is 3.39. The van der Waals surface area contributed by atoms with Crippen LogP contribution in [-0.2, 0) is 0 Å². The predicted octanol–water partition coefficient (Wildman–Crippen LogP) is 1.33. The van der Waals surface area contributed by atoms with Gasteiger partial charge in [0.2, 0.25) is 0 Å². The molecule has 0 amide bonds. The average Bonchev–Trinajstić information content (AvgIpc) is 2.20. The molecule has 80 valence electrons. The van der Waals surface area contributed by atoms with E-state index in [0.29, 0.717) is 18.0 Å². The normalized spacial score (nSPS) is 34.0. The maximum Gasteiger partial charge on any atom is 0.0214 e. The van der Waals surface area contributed by atoms with E-state index in [2.05, 4.69) is 37.0 Å². The Morgan fingerprint density at radius 2 is 2.21 bits per heavy atom. The molecule has 0 bridgehead atoms. The van der Waals surface area contributed by atoms with E-state index >= 15 is 0 Å². The zero-order valence-electron chi connectivity index (χ0n) is 9.59. The molecule has 0 radical (unpaired) electrons. The molecule has 1 aliphatic rings. The minimum Gasteiger partial charge on any atom is -0.317 e. The van der Waals surface area contributed by atoms with E-state index in [1.54, 1.807) is 0 Å². The summed E-state index contributed by atoms with van der Waals surface area (Å²) in [6.07, 6.45) is 7.41. The molecule has 0 aromatic heterocycles. The number of hydrogen-bond donors (Lipinski definition) is 1. The van der Waals surface area contributed by atoms with Crippen molar-refractivity contribution in [3.8, 4) is 12.3 Å². The van der Waals surface area contributed by atoms with Crippen LogP contribution in [0.5, 0.6) is 0 Å². The summed E-state index contributed by atoms with van der Waals surface area (Å²) in [5.41, 5.74) is 0. The molecule has 0 spiro atoms. The van der Waals surface area contributed by atoms with Gasteiger partial charge in [-0.15, -0.1) is 12.3 Å². The van der Waals surface area contributed by atoms with E-state index in [1.165, 1.54) is 13.0 Å². The van der Waals surface area contributed by atoms with Crippen molar-refractivity contribution >= 4 is 0 Å². The summed E-state index contributed by atoms with van der Waals surface area (Å²) in [7, 11) is 2.06. The highest BCUT2D eigenvalue weighted by Crippen LogP contribution is 2.23. The Kier molecular flexibility index (Phi) is 4.44. The fourth-order valence-electron chi connectivity index (χ4n) is 2.37. The van der Waals surface area contributed by atoms with Gasteiger partial charge >= 0.3 is 0 Å². The first-order chi connectivity index (χ1) is 6.70. The van der Waals surface area contributed by atoms with Crippen molar-refractivity contribution in [2.45, 2.75) is 38.8 Å². The molecule has 1 N–H and O–H groups in total. The summed E-state index contributed by atoms with van der Waals surface area (Å²) in [6, 6.07) is 1.32. The highest BCUT2D eigenvalue weighted by Gasteiger charge is 2.30. The van der Waals surface area contributed by atoms with Crippen LogP contribution in [-0.4, -0.2) is 37.1 Å². The lowest BCUT2D eigenvalue weighted by molar-refractivity contribution is 0.0900. The second-order valence-electron chi connectivity index (χ2n) is 4.27. The molecule has 3 atom stereocenters. The van der Waals surface area contributed by atoms with E-state index < -0.39 is 0 Å². The Hall–Kier alpha value is -0.520. The van der Waals surface area contributed by atoms with Crippen LogP contribution in [0.3, 0.4) is 0 Å². The van der Waals surface area contributed by atoms with Gasteiger partial charge in [-0.05, 0) is 32.9 Å². The third-order valence-corrected chi connectivity index (χ3v) is 3.61. The predicted molar refractivity (Wildman–Crippen MR) is 61.1 cm³/mol. The van der Waals surface area contributed by atoms with E-state index in [0.717, 1.165) is 13.0 Å². The Bertz CT molecular complexity index is 207. The second-order valence-corrected chi connectivity index (χ2v) is 4.27. The third kappa shape index (κ3) is 2.50. The zero-order chi connectivity index (χ0) is 10.6. The molecule has 1 saturated heterocycles. The monoisotopic (exact) mass is 194 g/mol. The molecule has 0 aliphatic carbocycles. The highest BCUT2D eigenvalue weighted by molar-refractivity contribution is 4.91. The highest BCUT2D eigenvalue weighted by atomic mass is 15.2. The standard InChI is InChI=1S/C12H22N2/c1-5-6-8-14-9-7-12(13-4)10(2)11(14)3/h1,10-13H,6-9H2,2-4H3. The van der Waals surface area contributed by atoms with Crippen molar-refractivity contribution in [3.05, 3.63) is 0 Å². The van der Waals surface area contributed by atoms with Crippen molar-refractivity contribution < 1.29 is 0 Å². The van der Waals surface area contributed by atoms with Gasteiger partial charge in [-0.3, -0.25) is 4.90 Å². The maximum absolute atomic E-state index is 5.29. The molecule has 2 nitrogen and oxygen atoms in total. The Balaban J connectivity index is 2.47. The van der Waals surface area contributed by atoms with Crippen LogP contribution in [0.15, 0.2) is 0 Å². The molecule has 3 unspecified atom stereocenters. The minimum absolute atomic E-state index is 0.648. The molecular weight excluding hydrogens is 172 g/mol. The van der Waals surface area contributed by atoms with Gasteiger partial charge in [0.15, 0.2) is 0 Å². The van der Waals surface area contributed by atoms with Crippen LogP contribution in [0, 0.1) is 18.3 Å². The van der Waals surface area contributed by atoms with Gasteiger partial charge in [-0.2, -0.15) is 0 Å². The lowest BCUT2D eigenvalue weighted by atomic mass is 9.87. The molecule has 0 saturated carbocycles. The van der Waals surface area contributed by atoms with Crippen LogP contribution in [0.1, 0.15) is 26.7 Å². The van der Waals surface area contributed by atoms with Crippen LogP contribution in [0.4, 0.5) is 0 Å². The zero-order valence-corrected chi connectivity index (χ0v) is 9.59. The molecular formula is C12H22N2. The van der Waals surface area contributed by atoms with Gasteiger partial charge < -0.3 is 5.32 Å². The van der Waals surface area contributed by atoms with Gasteiger partial charge in [-0.25, -0.2) is 0 Å². The number of nitrogens with one attached hydrogen (secondary N) is 1. The molecule has 0 aromatic rings. The second kappa shape index (κ2) is 5.38. The molecule has 1 aliphatic heterocycles. The number of rotatable bonds is 3. The van der Waals surface area contributed by atoms with Gasteiger partial charge in [-0.1, -0.05) is 6.92 Å². The first-order valence-electron chi connectivity index (χ1n) is 5.55. The van der Waals surface area contributed by atoms with Gasteiger partial charge in [0.1, 0.15) is 0 Å². The molecule has 1 heterocycles. The SMILES string of the molecule is C#CCCN1CCC(NC)C(C)C1C. The van der Waals surface area contributed by atoms with Crippen LogP contribution in [0.2, 0.25) is 0 Å². The van der Waals surface area contributed by atoms with E-state index in [1.807, 2.05) is 0 Å². The quantitative estimate of drug-likeness (QED) is 0.682. The van der Waals surface area contributed by atoms with Crippen molar-refractivity contribution in [1.29, 1.82) is 0 Å². The molecule has 2 heteroatoms. The van der Waals surface area contributed by atoms with Crippen LogP contribution in [0.25, 0.3) is 0 Å². The lowest BCUT2D eigenvalue weighted by Crippen LogP contribution is -2.52. The number of hydrogen-bond acceptors (Lipinski definition) is 2. The van der Waals surface area contributed by atoms with Crippen molar-refractivity contribution in [2.75, 3.05) is 20.1 Å². The van der Waals surface area contributed by atoms with Crippen molar-refractivity contribution in [2.24, 2.45) is 5.92 Å². The van der Waals surface area contributed by atoms with Gasteiger partial charge in [0, 0.05) is 25.0 Å². The lowest BCUT2D eigenvalue weighted by Gasteiger charge is -2.42. The summed E-state index contributed by atoms with van der Waals surface area (Å²) in [5.74, 6) is 3.43.